The van der Waals surface area contributed by atoms with Gasteiger partial charge in [-0.25, -0.2) is 0 Å². The van der Waals surface area contributed by atoms with Crippen molar-refractivity contribution in [3.63, 3.8) is 0 Å². The van der Waals surface area contributed by atoms with E-state index < -0.39 is 0 Å². The van der Waals surface area contributed by atoms with Crippen LogP contribution in [-0.4, -0.2) is 22.9 Å². The second-order valence-electron chi connectivity index (χ2n) is 12.2. The number of nitrogens with zero attached hydrogens (tertiary/aromatic N) is 1. The summed E-state index contributed by atoms with van der Waals surface area (Å²) >= 11 is 0. The van der Waals surface area contributed by atoms with E-state index in [4.69, 9.17) is 9.47 Å². The number of carbonyl (C=O) groups excluding carboxylic acids is 2. The van der Waals surface area contributed by atoms with Crippen molar-refractivity contribution in [2.75, 3.05) is 6.61 Å². The maximum absolute atomic E-state index is 13.7. The predicted molar refractivity (Wildman–Crippen MR) is 179 cm³/mol. The Morgan fingerprint density at radius 2 is 1.55 bits per heavy atom. The van der Waals surface area contributed by atoms with E-state index in [1.54, 1.807) is 0 Å². The van der Waals surface area contributed by atoms with Gasteiger partial charge in [0, 0.05) is 41.2 Å². The molecular formula is C39H49NO4. The third-order valence-electron chi connectivity index (χ3n) is 8.08. The van der Waals surface area contributed by atoms with Gasteiger partial charge in [0.2, 0.25) is 0 Å². The largest absolute Gasteiger partial charge is 0.486 e. The van der Waals surface area contributed by atoms with Crippen LogP contribution >= 0.6 is 0 Å². The van der Waals surface area contributed by atoms with E-state index in [-0.39, 0.29) is 17.9 Å². The predicted octanol–water partition coefficient (Wildman–Crippen LogP) is 9.89. The third kappa shape index (κ3) is 9.32. The van der Waals surface area contributed by atoms with Crippen LogP contribution in [0.2, 0.25) is 0 Å². The molecule has 4 aromatic rings. The summed E-state index contributed by atoms with van der Waals surface area (Å²) in [6.07, 6.45) is 11.0. The molecule has 44 heavy (non-hydrogen) atoms. The molecule has 0 aliphatic rings. The first-order valence-electron chi connectivity index (χ1n) is 16.5. The molecule has 4 rings (SSSR count). The van der Waals surface area contributed by atoms with Crippen molar-refractivity contribution >= 4 is 22.7 Å². The Bertz CT molecular complexity index is 1470. The van der Waals surface area contributed by atoms with Crippen LogP contribution in [0.5, 0.6) is 5.75 Å². The number of hydrogen-bond acceptors (Lipinski definition) is 4. The van der Waals surface area contributed by atoms with Crippen LogP contribution < -0.4 is 4.74 Å². The highest BCUT2D eigenvalue weighted by Crippen LogP contribution is 2.30. The van der Waals surface area contributed by atoms with Gasteiger partial charge in [-0.15, -0.1) is 0 Å². The number of aryl methyl sites for hydroxylation is 1. The van der Waals surface area contributed by atoms with E-state index in [0.717, 1.165) is 35.9 Å². The molecule has 1 aromatic heterocycles. The van der Waals surface area contributed by atoms with Crippen molar-refractivity contribution in [3.8, 4) is 5.75 Å². The lowest BCUT2D eigenvalue weighted by atomic mass is 9.97. The summed E-state index contributed by atoms with van der Waals surface area (Å²) in [7, 11) is 0. The zero-order valence-electron chi connectivity index (χ0n) is 27.0. The highest BCUT2D eigenvalue weighted by molar-refractivity contribution is 6.16. The molecule has 3 aromatic carbocycles. The van der Waals surface area contributed by atoms with Crippen LogP contribution in [0.3, 0.4) is 0 Å². The molecule has 0 aliphatic heterocycles. The molecule has 0 radical (unpaired) electrons. The number of esters is 1. The Morgan fingerprint density at radius 1 is 0.818 bits per heavy atom. The second-order valence-corrected chi connectivity index (χ2v) is 12.2. The van der Waals surface area contributed by atoms with Gasteiger partial charge in [0.05, 0.1) is 6.61 Å². The van der Waals surface area contributed by atoms with E-state index in [0.29, 0.717) is 43.0 Å². The fraction of sp³-hybridized carbons (Fsp3) is 0.436. The average Bonchev–Trinajstić information content (AvgIpc) is 3.39. The summed E-state index contributed by atoms with van der Waals surface area (Å²) < 4.78 is 13.7. The summed E-state index contributed by atoms with van der Waals surface area (Å²) in [5.74, 6) is 1.18. The zero-order valence-corrected chi connectivity index (χ0v) is 27.0. The molecule has 0 saturated heterocycles. The SMILES string of the molecule is CCCCCCCC(Oc1ccc(C(=O)c2cn(CCCC(=O)OCC)c3ccccc23)cc1)c1ccc(CC(C)C)cc1. The van der Waals surface area contributed by atoms with Crippen molar-refractivity contribution in [3.05, 3.63) is 101 Å². The van der Waals surface area contributed by atoms with Gasteiger partial charge in [-0.05, 0) is 80.0 Å². The molecule has 1 heterocycles. The molecule has 0 bridgehead atoms. The van der Waals surface area contributed by atoms with Gasteiger partial charge in [0.25, 0.3) is 0 Å². The molecule has 5 heteroatoms. The van der Waals surface area contributed by atoms with Crippen LogP contribution in [0.1, 0.15) is 112 Å². The Morgan fingerprint density at radius 3 is 2.25 bits per heavy atom. The lowest BCUT2D eigenvalue weighted by molar-refractivity contribution is -0.143. The van der Waals surface area contributed by atoms with Gasteiger partial charge in [-0.2, -0.15) is 0 Å². The molecule has 0 fully saturated rings. The minimum Gasteiger partial charge on any atom is -0.486 e. The minimum absolute atomic E-state index is 0.0230. The Hall–Kier alpha value is -3.86. The summed E-state index contributed by atoms with van der Waals surface area (Å²) in [6, 6.07) is 24.4. The van der Waals surface area contributed by atoms with Crippen LogP contribution in [-0.2, 0) is 22.5 Å². The fourth-order valence-electron chi connectivity index (χ4n) is 5.81. The first kappa shape index (κ1) is 33.0. The average molecular weight is 596 g/mol. The normalized spacial score (nSPS) is 12.0. The molecule has 0 amide bonds. The lowest BCUT2D eigenvalue weighted by Gasteiger charge is -2.20. The number of ketones is 1. The Kier molecular flexibility index (Phi) is 12.6. The molecule has 0 spiro atoms. The van der Waals surface area contributed by atoms with Gasteiger partial charge in [0.15, 0.2) is 5.78 Å². The van der Waals surface area contributed by atoms with E-state index >= 15 is 0 Å². The number of para-hydroxylation sites is 1. The van der Waals surface area contributed by atoms with Crippen molar-refractivity contribution in [2.45, 2.75) is 98.1 Å². The number of unbranched alkanes of at least 4 members (excludes halogenated alkanes) is 4. The standard InChI is InChI=1S/C39H49NO4/c1-5-7-8-9-10-16-37(31-20-18-30(19-21-31)27-29(3)4)44-33-24-22-32(23-25-33)39(42)35-28-40(26-13-17-38(41)43-6-2)36-15-12-11-14-34(35)36/h11-12,14-15,18-25,28-29,37H,5-10,13,16-17,26-27H2,1-4H3. The third-order valence-corrected chi connectivity index (χ3v) is 8.08. The Balaban J connectivity index is 1.47. The maximum atomic E-state index is 13.7. The van der Waals surface area contributed by atoms with Crippen molar-refractivity contribution in [1.82, 2.24) is 4.57 Å². The first-order valence-corrected chi connectivity index (χ1v) is 16.5. The highest BCUT2D eigenvalue weighted by atomic mass is 16.5. The van der Waals surface area contributed by atoms with E-state index in [9.17, 15) is 9.59 Å². The van der Waals surface area contributed by atoms with E-state index in [1.807, 2.05) is 61.7 Å². The first-order chi connectivity index (χ1) is 21.4. The quantitative estimate of drug-likeness (QED) is 0.0652. The zero-order chi connectivity index (χ0) is 31.3. The summed E-state index contributed by atoms with van der Waals surface area (Å²) in [5.41, 5.74) is 4.83. The number of aromatic nitrogens is 1. The topological polar surface area (TPSA) is 57.5 Å². The van der Waals surface area contributed by atoms with Crippen LogP contribution in [0.25, 0.3) is 10.9 Å². The molecule has 234 valence electrons. The van der Waals surface area contributed by atoms with Gasteiger partial charge in [-0.3, -0.25) is 9.59 Å². The molecule has 1 unspecified atom stereocenters. The summed E-state index contributed by atoms with van der Waals surface area (Å²) in [5, 5.41) is 0.915. The van der Waals surface area contributed by atoms with Crippen LogP contribution in [0, 0.1) is 5.92 Å². The van der Waals surface area contributed by atoms with Crippen molar-refractivity contribution in [1.29, 1.82) is 0 Å². The molecular weight excluding hydrogens is 546 g/mol. The molecule has 0 aliphatic carbocycles. The number of ether oxygens (including phenoxy) is 2. The van der Waals surface area contributed by atoms with Gasteiger partial charge < -0.3 is 14.0 Å². The van der Waals surface area contributed by atoms with Crippen molar-refractivity contribution in [2.24, 2.45) is 5.92 Å². The van der Waals surface area contributed by atoms with Gasteiger partial charge in [0.1, 0.15) is 11.9 Å². The summed E-state index contributed by atoms with van der Waals surface area (Å²) in [6.45, 7) is 9.57. The Labute approximate surface area is 263 Å². The van der Waals surface area contributed by atoms with Crippen LogP contribution in [0.15, 0.2) is 79.0 Å². The smallest absolute Gasteiger partial charge is 0.305 e. The van der Waals surface area contributed by atoms with Gasteiger partial charge in [-0.1, -0.05) is 88.9 Å². The minimum atomic E-state index is -0.190. The number of rotatable bonds is 18. The number of benzene rings is 3. The number of fused-ring (bicyclic) bond motifs is 1. The maximum Gasteiger partial charge on any atom is 0.305 e. The molecule has 5 nitrogen and oxygen atoms in total. The molecule has 1 atom stereocenters. The summed E-state index contributed by atoms with van der Waals surface area (Å²) in [4.78, 5) is 25.5. The van der Waals surface area contributed by atoms with E-state index in [1.165, 1.54) is 36.8 Å². The van der Waals surface area contributed by atoms with Crippen LogP contribution in [0.4, 0.5) is 0 Å². The lowest BCUT2D eigenvalue weighted by Crippen LogP contribution is -2.09. The van der Waals surface area contributed by atoms with E-state index in [2.05, 4.69) is 49.6 Å². The van der Waals surface area contributed by atoms with Gasteiger partial charge >= 0.3 is 5.97 Å². The molecule has 0 saturated carbocycles. The number of carbonyl (C=O) groups is 2. The number of hydrogen-bond donors (Lipinski definition) is 0. The monoisotopic (exact) mass is 595 g/mol. The van der Waals surface area contributed by atoms with Crippen molar-refractivity contribution < 1.29 is 19.1 Å². The highest BCUT2D eigenvalue weighted by Gasteiger charge is 2.18. The molecule has 0 N–H and O–H groups in total. The fourth-order valence-corrected chi connectivity index (χ4v) is 5.81. The second kappa shape index (κ2) is 16.8.